The Morgan fingerprint density at radius 2 is 1.88 bits per heavy atom. The van der Waals surface area contributed by atoms with E-state index in [1.54, 1.807) is 7.11 Å². The maximum absolute atomic E-state index is 6.18. The van der Waals surface area contributed by atoms with Crippen molar-refractivity contribution in [3.05, 3.63) is 76.5 Å². The van der Waals surface area contributed by atoms with Gasteiger partial charge in [0.1, 0.15) is 17.3 Å². The molecule has 0 aliphatic heterocycles. The molecule has 4 heteroatoms. The van der Waals surface area contributed by atoms with E-state index in [2.05, 4.69) is 5.32 Å². The van der Waals surface area contributed by atoms with Crippen molar-refractivity contribution >= 4 is 11.6 Å². The lowest BCUT2D eigenvalue weighted by Gasteiger charge is -2.08. The normalized spacial score (nSPS) is 10.8. The van der Waals surface area contributed by atoms with E-state index in [-0.39, 0.29) is 0 Å². The van der Waals surface area contributed by atoms with Gasteiger partial charge >= 0.3 is 0 Å². The summed E-state index contributed by atoms with van der Waals surface area (Å²) in [6.45, 7) is 3.36. The Morgan fingerprint density at radius 3 is 2.67 bits per heavy atom. The third-order valence-corrected chi connectivity index (χ3v) is 4.33. The predicted octanol–water partition coefficient (Wildman–Crippen LogP) is 5.21. The number of para-hydroxylation sites is 1. The minimum Gasteiger partial charge on any atom is -0.496 e. The zero-order chi connectivity index (χ0) is 16.9. The SMILES string of the molecule is COc1ccccc1CNCc1ccc(-c2ccc(C)c(Cl)c2)o1. The van der Waals surface area contributed by atoms with Crippen LogP contribution in [-0.2, 0) is 13.1 Å². The number of nitrogens with one attached hydrogen (secondary N) is 1. The molecule has 1 aromatic heterocycles. The summed E-state index contributed by atoms with van der Waals surface area (Å²) < 4.78 is 11.3. The van der Waals surface area contributed by atoms with Crippen LogP contribution >= 0.6 is 11.6 Å². The lowest BCUT2D eigenvalue weighted by molar-refractivity contribution is 0.406. The van der Waals surface area contributed by atoms with E-state index in [0.29, 0.717) is 6.54 Å². The maximum atomic E-state index is 6.18. The van der Waals surface area contributed by atoms with Gasteiger partial charge < -0.3 is 14.5 Å². The van der Waals surface area contributed by atoms with Crippen LogP contribution in [0.15, 0.2) is 59.0 Å². The number of hydrogen-bond donors (Lipinski definition) is 1. The van der Waals surface area contributed by atoms with Gasteiger partial charge in [0, 0.05) is 22.7 Å². The molecular weight excluding hydrogens is 322 g/mol. The van der Waals surface area contributed by atoms with Gasteiger partial charge in [-0.05, 0) is 36.8 Å². The largest absolute Gasteiger partial charge is 0.496 e. The van der Waals surface area contributed by atoms with Crippen molar-refractivity contribution in [2.45, 2.75) is 20.0 Å². The summed E-state index contributed by atoms with van der Waals surface area (Å²) in [6.07, 6.45) is 0. The first-order valence-electron chi connectivity index (χ1n) is 7.85. The number of methoxy groups -OCH3 is 1. The van der Waals surface area contributed by atoms with Crippen molar-refractivity contribution in [3.63, 3.8) is 0 Å². The van der Waals surface area contributed by atoms with Crippen LogP contribution in [0.1, 0.15) is 16.9 Å². The topological polar surface area (TPSA) is 34.4 Å². The quantitative estimate of drug-likeness (QED) is 0.668. The Balaban J connectivity index is 1.63. The van der Waals surface area contributed by atoms with Gasteiger partial charge in [-0.2, -0.15) is 0 Å². The first kappa shape index (κ1) is 16.6. The number of furan rings is 1. The minimum atomic E-state index is 0.650. The zero-order valence-electron chi connectivity index (χ0n) is 13.8. The highest BCUT2D eigenvalue weighted by Crippen LogP contribution is 2.27. The molecule has 0 fully saturated rings. The van der Waals surface area contributed by atoms with E-state index in [1.165, 1.54) is 0 Å². The van der Waals surface area contributed by atoms with Crippen LogP contribution < -0.4 is 10.1 Å². The number of ether oxygens (including phenoxy) is 1. The first-order chi connectivity index (χ1) is 11.7. The molecule has 0 saturated carbocycles. The third-order valence-electron chi connectivity index (χ3n) is 3.93. The molecule has 3 rings (SSSR count). The highest BCUT2D eigenvalue weighted by molar-refractivity contribution is 6.31. The van der Waals surface area contributed by atoms with E-state index < -0.39 is 0 Å². The van der Waals surface area contributed by atoms with Crippen LogP contribution in [0.5, 0.6) is 5.75 Å². The number of benzene rings is 2. The molecule has 0 saturated heterocycles. The lowest BCUT2D eigenvalue weighted by Crippen LogP contribution is -2.12. The van der Waals surface area contributed by atoms with Crippen LogP contribution in [0.4, 0.5) is 0 Å². The van der Waals surface area contributed by atoms with E-state index in [4.69, 9.17) is 20.8 Å². The molecule has 0 unspecified atom stereocenters. The zero-order valence-corrected chi connectivity index (χ0v) is 14.6. The standard InChI is InChI=1S/C20H20ClNO2/c1-14-7-8-15(11-18(14)21)20-10-9-17(24-20)13-22-12-16-5-3-4-6-19(16)23-2/h3-11,22H,12-13H2,1-2H3. The number of aryl methyl sites for hydroxylation is 1. The highest BCUT2D eigenvalue weighted by atomic mass is 35.5. The molecule has 0 aliphatic carbocycles. The van der Waals surface area contributed by atoms with Gasteiger partial charge in [-0.15, -0.1) is 0 Å². The summed E-state index contributed by atoms with van der Waals surface area (Å²) >= 11 is 6.18. The van der Waals surface area contributed by atoms with Crippen molar-refractivity contribution in [1.82, 2.24) is 5.32 Å². The Labute approximate surface area is 147 Å². The Morgan fingerprint density at radius 1 is 1.04 bits per heavy atom. The fourth-order valence-electron chi connectivity index (χ4n) is 2.54. The van der Waals surface area contributed by atoms with E-state index in [9.17, 15) is 0 Å². The third kappa shape index (κ3) is 3.81. The molecule has 0 amide bonds. The number of hydrogen-bond acceptors (Lipinski definition) is 3. The number of rotatable bonds is 6. The summed E-state index contributed by atoms with van der Waals surface area (Å²) in [7, 11) is 1.68. The van der Waals surface area contributed by atoms with Gasteiger partial charge in [0.2, 0.25) is 0 Å². The van der Waals surface area contributed by atoms with Gasteiger partial charge in [-0.3, -0.25) is 0 Å². The maximum Gasteiger partial charge on any atom is 0.134 e. The molecule has 1 heterocycles. The molecule has 0 radical (unpaired) electrons. The Hall–Kier alpha value is -2.23. The van der Waals surface area contributed by atoms with Gasteiger partial charge in [0.15, 0.2) is 0 Å². The lowest BCUT2D eigenvalue weighted by atomic mass is 10.1. The van der Waals surface area contributed by atoms with Crippen LogP contribution in [0.25, 0.3) is 11.3 Å². The molecule has 2 aromatic carbocycles. The van der Waals surface area contributed by atoms with Crippen molar-refractivity contribution in [3.8, 4) is 17.1 Å². The fourth-order valence-corrected chi connectivity index (χ4v) is 2.72. The van der Waals surface area contributed by atoms with Gasteiger partial charge in [-0.1, -0.05) is 41.9 Å². The second-order valence-electron chi connectivity index (χ2n) is 5.65. The monoisotopic (exact) mass is 341 g/mol. The molecule has 0 atom stereocenters. The first-order valence-corrected chi connectivity index (χ1v) is 8.23. The Bertz CT molecular complexity index is 826. The van der Waals surface area contributed by atoms with Gasteiger partial charge in [-0.25, -0.2) is 0 Å². The molecule has 24 heavy (non-hydrogen) atoms. The average Bonchev–Trinajstić information content (AvgIpc) is 3.06. The van der Waals surface area contributed by atoms with E-state index in [1.807, 2.05) is 61.5 Å². The summed E-state index contributed by atoms with van der Waals surface area (Å²) in [5.41, 5.74) is 3.17. The number of halogens is 1. The second kappa shape index (κ2) is 7.56. The molecule has 1 N–H and O–H groups in total. The van der Waals surface area contributed by atoms with Crippen molar-refractivity contribution in [2.24, 2.45) is 0 Å². The summed E-state index contributed by atoms with van der Waals surface area (Å²) in [6, 6.07) is 17.9. The average molecular weight is 342 g/mol. The van der Waals surface area contributed by atoms with Crippen LogP contribution in [0.2, 0.25) is 5.02 Å². The smallest absolute Gasteiger partial charge is 0.134 e. The predicted molar refractivity (Wildman–Crippen MR) is 97.4 cm³/mol. The van der Waals surface area contributed by atoms with E-state index in [0.717, 1.165) is 45.5 Å². The van der Waals surface area contributed by atoms with Crippen LogP contribution in [0.3, 0.4) is 0 Å². The van der Waals surface area contributed by atoms with Crippen LogP contribution in [0, 0.1) is 6.92 Å². The summed E-state index contributed by atoms with van der Waals surface area (Å²) in [4.78, 5) is 0. The molecule has 0 spiro atoms. The molecule has 0 aliphatic rings. The van der Waals surface area contributed by atoms with Crippen molar-refractivity contribution in [2.75, 3.05) is 7.11 Å². The Kier molecular flexibility index (Phi) is 5.24. The molecular formula is C20H20ClNO2. The van der Waals surface area contributed by atoms with Crippen molar-refractivity contribution < 1.29 is 9.15 Å². The molecule has 0 bridgehead atoms. The molecule has 3 aromatic rings. The van der Waals surface area contributed by atoms with Gasteiger partial charge in [0.25, 0.3) is 0 Å². The fraction of sp³-hybridized carbons (Fsp3) is 0.200. The van der Waals surface area contributed by atoms with Crippen molar-refractivity contribution in [1.29, 1.82) is 0 Å². The van der Waals surface area contributed by atoms with E-state index >= 15 is 0 Å². The van der Waals surface area contributed by atoms with Crippen LogP contribution in [-0.4, -0.2) is 7.11 Å². The van der Waals surface area contributed by atoms with Gasteiger partial charge in [0.05, 0.1) is 13.7 Å². The summed E-state index contributed by atoms with van der Waals surface area (Å²) in [5, 5.41) is 4.13. The summed E-state index contributed by atoms with van der Waals surface area (Å²) in [5.74, 6) is 2.60. The molecule has 3 nitrogen and oxygen atoms in total. The minimum absolute atomic E-state index is 0.650. The molecule has 124 valence electrons. The second-order valence-corrected chi connectivity index (χ2v) is 6.05. The highest BCUT2D eigenvalue weighted by Gasteiger charge is 2.07.